The maximum Gasteiger partial charge on any atom is 0.220 e. The van der Waals surface area contributed by atoms with Crippen LogP contribution in [0.15, 0.2) is 15.9 Å². The monoisotopic (exact) mass is 351 g/mol. The van der Waals surface area contributed by atoms with Gasteiger partial charge in [0.05, 0.1) is 21.8 Å². The van der Waals surface area contributed by atoms with Crippen molar-refractivity contribution >= 4 is 43.0 Å². The zero-order valence-electron chi connectivity index (χ0n) is 9.69. The van der Waals surface area contributed by atoms with Crippen molar-refractivity contribution in [3.63, 3.8) is 0 Å². The van der Waals surface area contributed by atoms with E-state index >= 15 is 0 Å². The fourth-order valence-corrected chi connectivity index (χ4v) is 5.28. The summed E-state index contributed by atoms with van der Waals surface area (Å²) in [6, 6.07) is 3.89. The van der Waals surface area contributed by atoms with Gasteiger partial charge in [-0.15, -0.1) is 11.3 Å². The van der Waals surface area contributed by atoms with Gasteiger partial charge in [0.15, 0.2) is 9.84 Å². The van der Waals surface area contributed by atoms with Crippen molar-refractivity contribution < 1.29 is 13.2 Å². The van der Waals surface area contributed by atoms with E-state index in [4.69, 9.17) is 0 Å². The standard InChI is InChI=1S/C11H14BrNO3S2/c12-10-2-1-9(17-10)6-13-11(14)5-8-3-4-18(15,16)7-8/h1-2,8H,3-7H2,(H,13,14). The Kier molecular flexibility index (Phi) is 4.45. The molecule has 2 heterocycles. The molecule has 1 aliphatic heterocycles. The van der Waals surface area contributed by atoms with Gasteiger partial charge in [0, 0.05) is 11.3 Å². The zero-order valence-corrected chi connectivity index (χ0v) is 12.9. The molecular formula is C11H14BrNO3S2. The summed E-state index contributed by atoms with van der Waals surface area (Å²) in [5.74, 6) is 0.306. The van der Waals surface area contributed by atoms with Crippen LogP contribution in [0.25, 0.3) is 0 Å². The highest BCUT2D eigenvalue weighted by molar-refractivity contribution is 9.11. The minimum absolute atomic E-state index is 0.00919. The number of rotatable bonds is 4. The van der Waals surface area contributed by atoms with Crippen LogP contribution < -0.4 is 5.32 Å². The highest BCUT2D eigenvalue weighted by Crippen LogP contribution is 2.23. The number of sulfone groups is 1. The van der Waals surface area contributed by atoms with Crippen molar-refractivity contribution in [3.8, 4) is 0 Å². The summed E-state index contributed by atoms with van der Waals surface area (Å²) in [5.41, 5.74) is 0. The first-order valence-corrected chi connectivity index (χ1v) is 9.09. The minimum atomic E-state index is -2.89. The molecule has 100 valence electrons. The van der Waals surface area contributed by atoms with Crippen LogP contribution in [0, 0.1) is 5.92 Å². The van der Waals surface area contributed by atoms with Gasteiger partial charge in [0.25, 0.3) is 0 Å². The number of carbonyl (C=O) groups is 1. The number of halogens is 1. The maximum absolute atomic E-state index is 11.7. The van der Waals surface area contributed by atoms with Crippen LogP contribution >= 0.6 is 27.3 Å². The summed E-state index contributed by atoms with van der Waals surface area (Å²) < 4.78 is 23.6. The second kappa shape index (κ2) is 5.71. The summed E-state index contributed by atoms with van der Waals surface area (Å²) in [6.07, 6.45) is 0.923. The minimum Gasteiger partial charge on any atom is -0.351 e. The van der Waals surface area contributed by atoms with Crippen molar-refractivity contribution in [1.82, 2.24) is 5.32 Å². The molecule has 1 fully saturated rings. The molecule has 0 saturated carbocycles. The summed E-state index contributed by atoms with van der Waals surface area (Å²) in [4.78, 5) is 12.8. The lowest BCUT2D eigenvalue weighted by atomic mass is 10.1. The lowest BCUT2D eigenvalue weighted by Gasteiger charge is -2.07. The van der Waals surface area contributed by atoms with E-state index in [1.165, 1.54) is 0 Å². The molecule has 1 N–H and O–H groups in total. The molecule has 0 aromatic carbocycles. The molecular weight excluding hydrogens is 338 g/mol. The molecule has 1 saturated heterocycles. The Morgan fingerprint density at radius 1 is 1.50 bits per heavy atom. The third-order valence-corrected chi connectivity index (χ3v) is 6.35. The molecule has 0 spiro atoms. The predicted molar refractivity (Wildman–Crippen MR) is 75.2 cm³/mol. The first-order chi connectivity index (χ1) is 8.44. The number of hydrogen-bond acceptors (Lipinski definition) is 4. The van der Waals surface area contributed by atoms with Crippen LogP contribution in [-0.4, -0.2) is 25.8 Å². The third-order valence-electron chi connectivity index (χ3n) is 2.89. The summed E-state index contributed by atoms with van der Waals surface area (Å²) in [6.45, 7) is 0.509. The van der Waals surface area contributed by atoms with Crippen LogP contribution in [0.1, 0.15) is 17.7 Å². The molecule has 2 rings (SSSR count). The Balaban J connectivity index is 1.76. The molecule has 18 heavy (non-hydrogen) atoms. The number of amides is 1. The summed E-state index contributed by atoms with van der Waals surface area (Å²) in [7, 11) is -2.89. The highest BCUT2D eigenvalue weighted by Gasteiger charge is 2.29. The van der Waals surface area contributed by atoms with Gasteiger partial charge in [0.2, 0.25) is 5.91 Å². The normalized spacial score (nSPS) is 21.9. The molecule has 1 aromatic heterocycles. The molecule has 0 bridgehead atoms. The fraction of sp³-hybridized carbons (Fsp3) is 0.545. The predicted octanol–water partition coefficient (Wildman–Crippen LogP) is 1.95. The van der Waals surface area contributed by atoms with E-state index in [1.807, 2.05) is 12.1 Å². The molecule has 0 radical (unpaired) electrons. The Morgan fingerprint density at radius 3 is 2.83 bits per heavy atom. The van der Waals surface area contributed by atoms with Crippen LogP contribution in [-0.2, 0) is 21.2 Å². The zero-order chi connectivity index (χ0) is 13.2. The van der Waals surface area contributed by atoms with Crippen LogP contribution in [0.2, 0.25) is 0 Å². The topological polar surface area (TPSA) is 63.2 Å². The molecule has 1 amide bonds. The molecule has 1 aliphatic rings. The van der Waals surface area contributed by atoms with Crippen LogP contribution in [0.3, 0.4) is 0 Å². The van der Waals surface area contributed by atoms with Crippen molar-refractivity contribution in [1.29, 1.82) is 0 Å². The smallest absolute Gasteiger partial charge is 0.220 e. The summed E-state index contributed by atoms with van der Waals surface area (Å²) >= 11 is 4.94. The molecule has 4 nitrogen and oxygen atoms in total. The Bertz CT molecular complexity index is 538. The van der Waals surface area contributed by atoms with E-state index in [9.17, 15) is 13.2 Å². The van der Waals surface area contributed by atoms with Gasteiger partial charge in [-0.05, 0) is 40.4 Å². The van der Waals surface area contributed by atoms with E-state index < -0.39 is 9.84 Å². The molecule has 1 unspecified atom stereocenters. The van der Waals surface area contributed by atoms with Crippen LogP contribution in [0.5, 0.6) is 0 Å². The second-order valence-electron chi connectivity index (χ2n) is 4.46. The first kappa shape index (κ1) is 14.0. The largest absolute Gasteiger partial charge is 0.351 e. The number of hydrogen-bond donors (Lipinski definition) is 1. The van der Waals surface area contributed by atoms with Crippen molar-refractivity contribution in [3.05, 3.63) is 20.8 Å². The van der Waals surface area contributed by atoms with E-state index in [1.54, 1.807) is 11.3 Å². The maximum atomic E-state index is 11.7. The van der Waals surface area contributed by atoms with Gasteiger partial charge >= 0.3 is 0 Å². The Morgan fingerprint density at radius 2 is 2.28 bits per heavy atom. The fourth-order valence-electron chi connectivity index (χ4n) is 2.00. The molecule has 0 aliphatic carbocycles. The number of thiophene rings is 1. The Labute approximate surface area is 119 Å². The van der Waals surface area contributed by atoms with Gasteiger partial charge in [0.1, 0.15) is 0 Å². The number of carbonyl (C=O) groups excluding carboxylic acids is 1. The van der Waals surface area contributed by atoms with Gasteiger partial charge in [-0.3, -0.25) is 4.79 Å². The second-order valence-corrected chi connectivity index (χ2v) is 9.23. The van der Waals surface area contributed by atoms with Gasteiger partial charge in [-0.2, -0.15) is 0 Å². The van der Waals surface area contributed by atoms with E-state index in [0.717, 1.165) is 8.66 Å². The molecule has 1 atom stereocenters. The average Bonchev–Trinajstić information content (AvgIpc) is 2.82. The van der Waals surface area contributed by atoms with Gasteiger partial charge in [-0.1, -0.05) is 0 Å². The van der Waals surface area contributed by atoms with E-state index in [-0.39, 0.29) is 23.3 Å². The average molecular weight is 352 g/mol. The molecule has 7 heteroatoms. The SMILES string of the molecule is O=C(CC1CCS(=O)(=O)C1)NCc1ccc(Br)s1. The van der Waals surface area contributed by atoms with Crippen molar-refractivity contribution in [2.75, 3.05) is 11.5 Å². The molecule has 1 aromatic rings. The van der Waals surface area contributed by atoms with E-state index in [2.05, 4.69) is 21.2 Å². The van der Waals surface area contributed by atoms with Gasteiger partial charge in [-0.25, -0.2) is 8.42 Å². The number of nitrogens with one attached hydrogen (secondary N) is 1. The highest BCUT2D eigenvalue weighted by atomic mass is 79.9. The quantitative estimate of drug-likeness (QED) is 0.901. The van der Waals surface area contributed by atoms with Gasteiger partial charge < -0.3 is 5.32 Å². The van der Waals surface area contributed by atoms with E-state index in [0.29, 0.717) is 19.4 Å². The summed E-state index contributed by atoms with van der Waals surface area (Å²) in [5, 5.41) is 2.82. The van der Waals surface area contributed by atoms with Crippen LogP contribution in [0.4, 0.5) is 0 Å². The first-order valence-electron chi connectivity index (χ1n) is 5.66. The Hall–Kier alpha value is -0.400. The lowest BCUT2D eigenvalue weighted by molar-refractivity contribution is -0.122. The lowest BCUT2D eigenvalue weighted by Crippen LogP contribution is -2.25. The van der Waals surface area contributed by atoms with Crippen molar-refractivity contribution in [2.45, 2.75) is 19.4 Å². The third kappa shape index (κ3) is 4.07. The van der Waals surface area contributed by atoms with Crippen molar-refractivity contribution in [2.24, 2.45) is 5.92 Å².